The van der Waals surface area contributed by atoms with Gasteiger partial charge in [0.1, 0.15) is 5.82 Å². The molecule has 0 atom stereocenters. The average molecular weight is 205 g/mol. The van der Waals surface area contributed by atoms with Gasteiger partial charge >= 0.3 is 5.69 Å². The number of hydrogen-bond acceptors (Lipinski definition) is 3. The molecule has 0 unspecified atom stereocenters. The third kappa shape index (κ3) is 1.71. The van der Waals surface area contributed by atoms with E-state index in [1.54, 1.807) is 12.1 Å². The molecule has 2 N–H and O–H groups in total. The number of nitrogens with zero attached hydrogens (tertiary/aromatic N) is 2. The maximum absolute atomic E-state index is 13.4. The molecular weight excluding hydrogens is 197 g/mol. The Morgan fingerprint density at radius 1 is 1.33 bits per heavy atom. The standard InChI is InChI=1S/C10H8FN3O/c11-8-3-1-2-4-9(8)14-6-7(12)5-13-10(14)15/h1-6H,12H2. The van der Waals surface area contributed by atoms with Crippen molar-refractivity contribution < 1.29 is 4.39 Å². The molecule has 0 saturated carbocycles. The molecule has 0 amide bonds. The minimum absolute atomic E-state index is 0.141. The van der Waals surface area contributed by atoms with Crippen LogP contribution in [0.25, 0.3) is 5.69 Å². The van der Waals surface area contributed by atoms with Crippen LogP contribution in [0.4, 0.5) is 10.1 Å². The van der Waals surface area contributed by atoms with Crippen LogP contribution in [0.15, 0.2) is 41.5 Å². The second-order valence-electron chi connectivity index (χ2n) is 2.99. The van der Waals surface area contributed by atoms with Crippen molar-refractivity contribution in [3.63, 3.8) is 0 Å². The molecule has 4 nitrogen and oxygen atoms in total. The summed E-state index contributed by atoms with van der Waals surface area (Å²) in [6.07, 6.45) is 2.58. The molecule has 76 valence electrons. The molecule has 0 bridgehead atoms. The third-order valence-electron chi connectivity index (χ3n) is 1.92. The van der Waals surface area contributed by atoms with Crippen molar-refractivity contribution in [3.8, 4) is 5.69 Å². The Balaban J connectivity index is 2.69. The van der Waals surface area contributed by atoms with Crippen molar-refractivity contribution in [2.24, 2.45) is 0 Å². The van der Waals surface area contributed by atoms with E-state index in [0.29, 0.717) is 5.69 Å². The van der Waals surface area contributed by atoms with Gasteiger partial charge in [0.15, 0.2) is 0 Å². The summed E-state index contributed by atoms with van der Waals surface area (Å²) < 4.78 is 14.4. The zero-order chi connectivity index (χ0) is 10.8. The Hall–Kier alpha value is -2.17. The lowest BCUT2D eigenvalue weighted by molar-refractivity contribution is 0.615. The first-order chi connectivity index (χ1) is 7.18. The van der Waals surface area contributed by atoms with Crippen molar-refractivity contribution in [2.75, 3.05) is 5.73 Å². The normalized spacial score (nSPS) is 10.2. The van der Waals surface area contributed by atoms with Crippen LogP contribution < -0.4 is 11.4 Å². The molecule has 0 spiro atoms. The summed E-state index contributed by atoms with van der Waals surface area (Å²) in [7, 11) is 0. The quantitative estimate of drug-likeness (QED) is 0.754. The third-order valence-corrected chi connectivity index (χ3v) is 1.92. The first-order valence-electron chi connectivity index (χ1n) is 4.27. The van der Waals surface area contributed by atoms with Crippen LogP contribution in [0.2, 0.25) is 0 Å². The van der Waals surface area contributed by atoms with E-state index in [-0.39, 0.29) is 5.69 Å². The summed E-state index contributed by atoms with van der Waals surface area (Å²) in [5, 5.41) is 0. The van der Waals surface area contributed by atoms with E-state index >= 15 is 0 Å². The first-order valence-corrected chi connectivity index (χ1v) is 4.27. The van der Waals surface area contributed by atoms with Crippen LogP contribution in [0.3, 0.4) is 0 Å². The highest BCUT2D eigenvalue weighted by Crippen LogP contribution is 2.10. The molecule has 1 heterocycles. The Morgan fingerprint density at radius 3 is 2.80 bits per heavy atom. The van der Waals surface area contributed by atoms with Gasteiger partial charge in [-0.25, -0.2) is 9.18 Å². The summed E-state index contributed by atoms with van der Waals surface area (Å²) in [5.74, 6) is -0.494. The molecule has 5 heteroatoms. The molecule has 0 radical (unpaired) electrons. The number of hydrogen-bond donors (Lipinski definition) is 1. The van der Waals surface area contributed by atoms with Crippen LogP contribution in [-0.2, 0) is 0 Å². The lowest BCUT2D eigenvalue weighted by atomic mass is 10.3. The first kappa shape index (κ1) is 9.39. The van der Waals surface area contributed by atoms with Gasteiger partial charge in [0, 0.05) is 6.20 Å². The Labute approximate surface area is 84.8 Å². The van der Waals surface area contributed by atoms with Crippen LogP contribution in [-0.4, -0.2) is 9.55 Å². The number of nitrogen functional groups attached to an aromatic ring is 1. The maximum atomic E-state index is 13.4. The van der Waals surface area contributed by atoms with Gasteiger partial charge in [-0.2, -0.15) is 4.98 Å². The van der Waals surface area contributed by atoms with Crippen molar-refractivity contribution >= 4 is 5.69 Å². The SMILES string of the molecule is Nc1cnc(=O)n(-c2ccccc2F)c1. The molecule has 0 aliphatic carbocycles. The molecular formula is C10H8FN3O. The van der Waals surface area contributed by atoms with Gasteiger partial charge in [-0.3, -0.25) is 4.57 Å². The molecule has 2 rings (SSSR count). The predicted molar refractivity (Wildman–Crippen MR) is 54.2 cm³/mol. The van der Waals surface area contributed by atoms with Gasteiger partial charge < -0.3 is 5.73 Å². The Kier molecular flexibility index (Phi) is 2.21. The fraction of sp³-hybridized carbons (Fsp3) is 0. The number of halogens is 1. The fourth-order valence-electron chi connectivity index (χ4n) is 1.25. The second kappa shape index (κ2) is 3.53. The summed E-state index contributed by atoms with van der Waals surface area (Å²) in [5.41, 5.74) is 5.35. The molecule has 0 aliphatic rings. The molecule has 0 aliphatic heterocycles. The van der Waals surface area contributed by atoms with Crippen LogP contribution in [0.5, 0.6) is 0 Å². The molecule has 15 heavy (non-hydrogen) atoms. The Bertz CT molecular complexity index is 550. The summed E-state index contributed by atoms with van der Waals surface area (Å²) in [4.78, 5) is 14.9. The number of nitrogens with two attached hydrogens (primary N) is 1. The molecule has 2 aromatic rings. The van der Waals surface area contributed by atoms with Gasteiger partial charge in [-0.05, 0) is 12.1 Å². The number of para-hydroxylation sites is 1. The smallest absolute Gasteiger partial charge is 0.352 e. The van der Waals surface area contributed by atoms with Gasteiger partial charge in [-0.1, -0.05) is 12.1 Å². The summed E-state index contributed by atoms with van der Waals surface area (Å²) >= 11 is 0. The van der Waals surface area contributed by atoms with E-state index < -0.39 is 11.5 Å². The van der Waals surface area contributed by atoms with Gasteiger partial charge in [0.2, 0.25) is 0 Å². The largest absolute Gasteiger partial charge is 0.396 e. The summed E-state index contributed by atoms with van der Waals surface area (Å²) in [6, 6.07) is 5.93. The van der Waals surface area contributed by atoms with Crippen molar-refractivity contribution in [1.82, 2.24) is 9.55 Å². The minimum Gasteiger partial charge on any atom is -0.396 e. The van der Waals surface area contributed by atoms with Crippen LogP contribution in [0, 0.1) is 5.82 Å². The van der Waals surface area contributed by atoms with Crippen molar-refractivity contribution in [3.05, 3.63) is 53.0 Å². The zero-order valence-electron chi connectivity index (χ0n) is 7.72. The highest BCUT2D eigenvalue weighted by Gasteiger charge is 2.05. The van der Waals surface area contributed by atoms with E-state index in [4.69, 9.17) is 5.73 Å². The monoisotopic (exact) mass is 205 g/mol. The highest BCUT2D eigenvalue weighted by atomic mass is 19.1. The number of benzene rings is 1. The number of aromatic nitrogens is 2. The number of rotatable bonds is 1. The molecule has 0 fully saturated rings. The highest BCUT2D eigenvalue weighted by molar-refractivity contribution is 5.38. The number of anilines is 1. The van der Waals surface area contributed by atoms with E-state index in [2.05, 4.69) is 4.98 Å². The lowest BCUT2D eigenvalue weighted by Gasteiger charge is -2.05. The average Bonchev–Trinajstić information content (AvgIpc) is 2.23. The van der Waals surface area contributed by atoms with Gasteiger partial charge in [0.05, 0.1) is 17.6 Å². The second-order valence-corrected chi connectivity index (χ2v) is 2.99. The van der Waals surface area contributed by atoms with Crippen LogP contribution in [0.1, 0.15) is 0 Å². The topological polar surface area (TPSA) is 60.9 Å². The Morgan fingerprint density at radius 2 is 2.07 bits per heavy atom. The molecule has 1 aromatic carbocycles. The lowest BCUT2D eigenvalue weighted by Crippen LogP contribution is -2.21. The summed E-state index contributed by atoms with van der Waals surface area (Å²) in [6.45, 7) is 0. The maximum Gasteiger partial charge on any atom is 0.352 e. The predicted octanol–water partition coefficient (Wildman–Crippen LogP) is 0.954. The minimum atomic E-state index is -0.561. The fourth-order valence-corrected chi connectivity index (χ4v) is 1.25. The van der Waals surface area contributed by atoms with E-state index in [9.17, 15) is 9.18 Å². The molecule has 1 aromatic heterocycles. The van der Waals surface area contributed by atoms with E-state index in [1.165, 1.54) is 24.5 Å². The molecule has 0 saturated heterocycles. The van der Waals surface area contributed by atoms with Crippen LogP contribution >= 0.6 is 0 Å². The van der Waals surface area contributed by atoms with Crippen molar-refractivity contribution in [2.45, 2.75) is 0 Å². The van der Waals surface area contributed by atoms with Crippen molar-refractivity contribution in [1.29, 1.82) is 0 Å². The van der Waals surface area contributed by atoms with Gasteiger partial charge in [0.25, 0.3) is 0 Å². The van der Waals surface area contributed by atoms with E-state index in [0.717, 1.165) is 4.57 Å². The van der Waals surface area contributed by atoms with E-state index in [1.807, 2.05) is 0 Å². The van der Waals surface area contributed by atoms with Gasteiger partial charge in [-0.15, -0.1) is 0 Å². The zero-order valence-corrected chi connectivity index (χ0v) is 7.72.